The molecule has 0 aliphatic rings. The summed E-state index contributed by atoms with van der Waals surface area (Å²) in [7, 11) is -2.29. The SMILES string of the molecule is Nc1ccc(Cl)cc1C(c1ccccc1)[P+](c1ccccc1)(c1ccccc1)c1ccccc1. The van der Waals surface area contributed by atoms with E-state index in [1.807, 2.05) is 12.1 Å². The van der Waals surface area contributed by atoms with E-state index in [1.54, 1.807) is 0 Å². The molecule has 5 aromatic carbocycles. The summed E-state index contributed by atoms with van der Waals surface area (Å²) >= 11 is 6.59. The Labute approximate surface area is 207 Å². The fraction of sp³-hybridized carbons (Fsp3) is 0.0323. The monoisotopic (exact) mass is 478 g/mol. The summed E-state index contributed by atoms with van der Waals surface area (Å²) < 4.78 is 0. The summed E-state index contributed by atoms with van der Waals surface area (Å²) in [4.78, 5) is 0. The van der Waals surface area contributed by atoms with Gasteiger partial charge in [-0.2, -0.15) is 0 Å². The van der Waals surface area contributed by atoms with E-state index in [0.717, 1.165) is 11.3 Å². The van der Waals surface area contributed by atoms with E-state index in [4.69, 9.17) is 17.3 Å². The first-order valence-corrected chi connectivity index (χ1v) is 13.6. The third kappa shape index (κ3) is 4.03. The molecule has 0 aliphatic carbocycles. The van der Waals surface area contributed by atoms with E-state index in [2.05, 4.69) is 127 Å². The van der Waals surface area contributed by atoms with E-state index >= 15 is 0 Å². The predicted molar refractivity (Wildman–Crippen MR) is 149 cm³/mol. The standard InChI is InChI=1S/C31H26ClNP/c32-25-21-22-30(33)29(23-25)31(24-13-5-1-6-14-24)34(26-15-7-2-8-16-26,27-17-9-3-10-18-27)28-19-11-4-12-20-28/h1-23,31H,33H2/q+1. The van der Waals surface area contributed by atoms with Gasteiger partial charge in [-0.05, 0) is 60.2 Å². The molecule has 0 bridgehead atoms. The van der Waals surface area contributed by atoms with Crippen molar-refractivity contribution in [3.63, 3.8) is 0 Å². The van der Waals surface area contributed by atoms with Crippen molar-refractivity contribution in [2.24, 2.45) is 0 Å². The molecule has 0 aliphatic heterocycles. The third-order valence-corrected chi connectivity index (χ3v) is 11.3. The lowest BCUT2D eigenvalue weighted by Gasteiger charge is -2.36. The van der Waals surface area contributed by atoms with Crippen molar-refractivity contribution in [1.29, 1.82) is 0 Å². The highest BCUT2D eigenvalue weighted by molar-refractivity contribution is 7.96. The van der Waals surface area contributed by atoms with Crippen LogP contribution in [0.1, 0.15) is 16.8 Å². The Bertz CT molecular complexity index is 1260. The molecule has 0 amide bonds. The Morgan fingerprint density at radius 1 is 0.529 bits per heavy atom. The van der Waals surface area contributed by atoms with Gasteiger partial charge in [-0.1, -0.05) is 96.5 Å². The Morgan fingerprint density at radius 2 is 0.941 bits per heavy atom. The maximum absolute atomic E-state index is 6.72. The van der Waals surface area contributed by atoms with Crippen molar-refractivity contribution in [3.8, 4) is 0 Å². The molecule has 3 heteroatoms. The van der Waals surface area contributed by atoms with Gasteiger partial charge in [0.05, 0.1) is 0 Å². The second-order valence-corrected chi connectivity index (χ2v) is 12.3. The Morgan fingerprint density at radius 3 is 1.38 bits per heavy atom. The molecule has 0 spiro atoms. The number of hydrogen-bond donors (Lipinski definition) is 1. The minimum absolute atomic E-state index is 0.0143. The van der Waals surface area contributed by atoms with Crippen LogP contribution in [0.4, 0.5) is 5.69 Å². The predicted octanol–water partition coefficient (Wildman–Crippen LogP) is 7.01. The van der Waals surface area contributed by atoms with Crippen molar-refractivity contribution in [2.45, 2.75) is 5.66 Å². The molecular weight excluding hydrogens is 453 g/mol. The molecule has 1 unspecified atom stereocenters. The summed E-state index contributed by atoms with van der Waals surface area (Å²) in [5.74, 6) is 0. The summed E-state index contributed by atoms with van der Waals surface area (Å²) in [5, 5.41) is 4.61. The van der Waals surface area contributed by atoms with Gasteiger partial charge in [0.15, 0.2) is 0 Å². The maximum atomic E-state index is 6.72. The van der Waals surface area contributed by atoms with Gasteiger partial charge in [0.2, 0.25) is 0 Å². The molecule has 1 atom stereocenters. The quantitative estimate of drug-likeness (QED) is 0.206. The number of anilines is 1. The lowest BCUT2D eigenvalue weighted by molar-refractivity contribution is 1.14. The van der Waals surface area contributed by atoms with E-state index in [-0.39, 0.29) is 5.66 Å². The van der Waals surface area contributed by atoms with Gasteiger partial charge in [-0.3, -0.25) is 0 Å². The van der Waals surface area contributed by atoms with Crippen LogP contribution in [-0.4, -0.2) is 0 Å². The minimum Gasteiger partial charge on any atom is -0.398 e. The van der Waals surface area contributed by atoms with Gasteiger partial charge in [-0.15, -0.1) is 0 Å². The topological polar surface area (TPSA) is 26.0 Å². The number of rotatable bonds is 6. The molecule has 34 heavy (non-hydrogen) atoms. The largest absolute Gasteiger partial charge is 0.398 e. The molecule has 1 nitrogen and oxygen atoms in total. The molecule has 0 fully saturated rings. The lowest BCUT2D eigenvalue weighted by atomic mass is 10.0. The lowest BCUT2D eigenvalue weighted by Crippen LogP contribution is -2.36. The van der Waals surface area contributed by atoms with Gasteiger partial charge in [0.1, 0.15) is 28.8 Å². The van der Waals surface area contributed by atoms with Crippen molar-refractivity contribution in [1.82, 2.24) is 0 Å². The van der Waals surface area contributed by atoms with Crippen LogP contribution in [0.15, 0.2) is 140 Å². The highest BCUT2D eigenvalue weighted by Crippen LogP contribution is 2.69. The molecule has 0 saturated carbocycles. The average molecular weight is 479 g/mol. The number of benzene rings is 5. The number of nitrogen functional groups attached to an aromatic ring is 1. The minimum atomic E-state index is -2.29. The first kappa shape index (κ1) is 22.4. The van der Waals surface area contributed by atoms with Crippen LogP contribution < -0.4 is 21.6 Å². The van der Waals surface area contributed by atoms with Crippen LogP contribution in [0.25, 0.3) is 0 Å². The van der Waals surface area contributed by atoms with E-state index in [9.17, 15) is 0 Å². The number of halogens is 1. The Balaban J connectivity index is 1.98. The smallest absolute Gasteiger partial charge is 0.136 e. The summed E-state index contributed by atoms with van der Waals surface area (Å²) in [5.41, 5.74) is 9.74. The Kier molecular flexibility index (Phi) is 6.50. The van der Waals surface area contributed by atoms with Crippen LogP contribution >= 0.6 is 18.9 Å². The normalized spacial score (nSPS) is 12.3. The second-order valence-electron chi connectivity index (χ2n) is 8.32. The molecule has 0 saturated heterocycles. The van der Waals surface area contributed by atoms with Gasteiger partial charge in [0.25, 0.3) is 0 Å². The van der Waals surface area contributed by atoms with E-state index in [0.29, 0.717) is 5.02 Å². The maximum Gasteiger partial charge on any atom is 0.136 e. The zero-order chi connectivity index (χ0) is 23.4. The van der Waals surface area contributed by atoms with Crippen LogP contribution in [0.3, 0.4) is 0 Å². The van der Waals surface area contributed by atoms with Gasteiger partial charge in [-0.25, -0.2) is 0 Å². The van der Waals surface area contributed by atoms with Crippen molar-refractivity contribution in [2.75, 3.05) is 5.73 Å². The molecule has 5 aromatic rings. The first-order valence-electron chi connectivity index (χ1n) is 11.4. The Hall–Kier alpha value is -3.38. The molecule has 166 valence electrons. The molecule has 5 rings (SSSR count). The fourth-order valence-corrected chi connectivity index (χ4v) is 10.1. The van der Waals surface area contributed by atoms with Gasteiger partial charge < -0.3 is 5.73 Å². The molecule has 0 heterocycles. The van der Waals surface area contributed by atoms with Crippen molar-refractivity contribution < 1.29 is 0 Å². The van der Waals surface area contributed by atoms with Crippen LogP contribution in [0.2, 0.25) is 5.02 Å². The highest BCUT2D eigenvalue weighted by atomic mass is 35.5. The summed E-state index contributed by atoms with van der Waals surface area (Å²) in [6, 6.07) is 49.3. The summed E-state index contributed by atoms with van der Waals surface area (Å²) in [6.07, 6.45) is 0. The third-order valence-electron chi connectivity index (χ3n) is 6.34. The van der Waals surface area contributed by atoms with Gasteiger partial charge >= 0.3 is 0 Å². The zero-order valence-electron chi connectivity index (χ0n) is 18.8. The molecular formula is C31H26ClNP+. The molecule has 0 radical (unpaired) electrons. The number of hydrogen-bond acceptors (Lipinski definition) is 1. The van der Waals surface area contributed by atoms with Crippen LogP contribution in [0.5, 0.6) is 0 Å². The van der Waals surface area contributed by atoms with Crippen LogP contribution in [0, 0.1) is 0 Å². The molecule has 0 aromatic heterocycles. The van der Waals surface area contributed by atoms with Crippen LogP contribution in [-0.2, 0) is 0 Å². The first-order chi connectivity index (χ1) is 16.7. The number of nitrogens with two attached hydrogens (primary N) is 1. The highest BCUT2D eigenvalue weighted by Gasteiger charge is 2.54. The van der Waals surface area contributed by atoms with E-state index < -0.39 is 7.26 Å². The zero-order valence-corrected chi connectivity index (χ0v) is 20.4. The van der Waals surface area contributed by atoms with Gasteiger partial charge in [0, 0.05) is 16.3 Å². The van der Waals surface area contributed by atoms with E-state index in [1.165, 1.54) is 21.5 Å². The van der Waals surface area contributed by atoms with Crippen molar-refractivity contribution in [3.05, 3.63) is 156 Å². The second kappa shape index (κ2) is 9.85. The van der Waals surface area contributed by atoms with Crippen molar-refractivity contribution >= 4 is 40.5 Å². The molecule has 2 N–H and O–H groups in total. The average Bonchev–Trinajstić information content (AvgIpc) is 2.91. The fourth-order valence-electron chi connectivity index (χ4n) is 4.91. The summed E-state index contributed by atoms with van der Waals surface area (Å²) in [6.45, 7) is 0.